The van der Waals surface area contributed by atoms with Gasteiger partial charge in [-0.3, -0.25) is 9.59 Å². The van der Waals surface area contributed by atoms with Gasteiger partial charge in [0, 0.05) is 5.92 Å². The molecule has 5 heteroatoms. The highest BCUT2D eigenvalue weighted by Gasteiger charge is 2.67. The van der Waals surface area contributed by atoms with Crippen molar-refractivity contribution in [1.29, 1.82) is 0 Å². The maximum absolute atomic E-state index is 14.1. The monoisotopic (exact) mass is 571 g/mol. The molecule has 1 fully saturated rings. The maximum atomic E-state index is 14.1. The first-order chi connectivity index (χ1) is 19.1. The molecule has 0 aromatic heterocycles. The van der Waals surface area contributed by atoms with Crippen molar-refractivity contribution in [1.82, 2.24) is 0 Å². The summed E-state index contributed by atoms with van der Waals surface area (Å²) in [5.41, 5.74) is 4.97. The van der Waals surface area contributed by atoms with Crippen LogP contribution in [0.5, 0.6) is 11.5 Å². The van der Waals surface area contributed by atoms with Gasteiger partial charge in [-0.25, -0.2) is 4.90 Å². The first-order valence-electron chi connectivity index (χ1n) is 13.1. The minimum atomic E-state index is -0.750. The van der Waals surface area contributed by atoms with Crippen LogP contribution in [-0.2, 0) is 13.9 Å². The number of rotatable bonds is 3. The Balaban J connectivity index is 1.15. The fourth-order valence-electron chi connectivity index (χ4n) is 6.96. The number of fused-ring (bicyclic) bond motifs is 1. The van der Waals surface area contributed by atoms with Gasteiger partial charge >= 0.3 is 0 Å². The Bertz CT molecular complexity index is 1780. The van der Waals surface area contributed by atoms with Crippen molar-refractivity contribution >= 4 is 44.2 Å². The largest absolute Gasteiger partial charge is 0.457 e. The number of nitrogens with zero attached hydrogens (tertiary/aromatic N) is 1. The number of imide groups is 1. The Morgan fingerprint density at radius 3 is 1.92 bits per heavy atom. The van der Waals surface area contributed by atoms with Crippen LogP contribution in [0.2, 0.25) is 0 Å². The maximum Gasteiger partial charge on any atom is 0.239 e. The fraction of sp³-hybridized carbons (Fsp3) is 0.118. The minimum absolute atomic E-state index is 0.147. The number of benzene rings is 5. The van der Waals surface area contributed by atoms with Crippen LogP contribution in [0.3, 0.4) is 0 Å². The lowest BCUT2D eigenvalue weighted by atomic mass is 9.55. The number of amides is 2. The molecule has 2 amide bonds. The molecule has 5 aromatic rings. The number of carbonyl (C=O) groups excluding carboxylic acids is 2. The normalized spacial score (nSPS) is 24.4. The van der Waals surface area contributed by atoms with Crippen molar-refractivity contribution in [2.24, 2.45) is 11.8 Å². The van der Waals surface area contributed by atoms with Crippen LogP contribution in [0, 0.1) is 11.8 Å². The summed E-state index contributed by atoms with van der Waals surface area (Å²) in [6, 6.07) is 37.7. The number of alkyl halides is 1. The van der Waals surface area contributed by atoms with Crippen LogP contribution < -0.4 is 9.64 Å². The average Bonchev–Trinajstić information content (AvgIpc) is 3.25. The lowest BCUT2D eigenvalue weighted by Crippen LogP contribution is -2.50. The van der Waals surface area contributed by atoms with Crippen LogP contribution >= 0.6 is 15.9 Å². The third-order valence-electron chi connectivity index (χ3n) is 8.57. The second kappa shape index (κ2) is 8.14. The molecule has 39 heavy (non-hydrogen) atoms. The summed E-state index contributed by atoms with van der Waals surface area (Å²) >= 11 is 4.05. The quantitative estimate of drug-likeness (QED) is 0.166. The smallest absolute Gasteiger partial charge is 0.239 e. The van der Waals surface area contributed by atoms with E-state index in [9.17, 15) is 9.59 Å². The van der Waals surface area contributed by atoms with Gasteiger partial charge in [-0.2, -0.15) is 0 Å². The predicted octanol–water partition coefficient (Wildman–Crippen LogP) is 7.54. The highest BCUT2D eigenvalue weighted by molar-refractivity contribution is 9.09. The van der Waals surface area contributed by atoms with E-state index >= 15 is 0 Å². The number of hydrogen-bond acceptors (Lipinski definition) is 3. The third kappa shape index (κ3) is 3.05. The van der Waals surface area contributed by atoms with E-state index in [1.54, 1.807) is 12.1 Å². The van der Waals surface area contributed by atoms with Gasteiger partial charge in [0.05, 0.1) is 21.8 Å². The lowest BCUT2D eigenvalue weighted by Gasteiger charge is -2.51. The molecule has 0 N–H and O–H groups in total. The van der Waals surface area contributed by atoms with Crippen LogP contribution in [0.25, 0.3) is 10.8 Å². The minimum Gasteiger partial charge on any atom is -0.457 e. The molecule has 4 nitrogen and oxygen atoms in total. The highest BCUT2D eigenvalue weighted by Crippen LogP contribution is 2.66. The molecule has 0 saturated carbocycles. The van der Waals surface area contributed by atoms with E-state index in [0.29, 0.717) is 11.4 Å². The number of ether oxygens (including phenoxy) is 1. The molecule has 2 atom stereocenters. The van der Waals surface area contributed by atoms with Crippen LogP contribution in [-0.4, -0.2) is 11.8 Å². The molecule has 188 valence electrons. The van der Waals surface area contributed by atoms with Gasteiger partial charge in [0.1, 0.15) is 11.5 Å². The summed E-state index contributed by atoms with van der Waals surface area (Å²) in [6.07, 6.45) is 0. The van der Waals surface area contributed by atoms with E-state index in [2.05, 4.69) is 52.3 Å². The molecular weight excluding hydrogens is 550 g/mol. The van der Waals surface area contributed by atoms with Gasteiger partial charge in [0.25, 0.3) is 0 Å². The van der Waals surface area contributed by atoms with Crippen molar-refractivity contribution in [2.45, 2.75) is 10.2 Å². The Morgan fingerprint density at radius 1 is 0.641 bits per heavy atom. The summed E-state index contributed by atoms with van der Waals surface area (Å²) in [5, 5.41) is 2.25. The van der Waals surface area contributed by atoms with Crippen molar-refractivity contribution in [2.75, 3.05) is 4.90 Å². The average molecular weight is 572 g/mol. The number of carbonyl (C=O) groups is 2. The predicted molar refractivity (Wildman–Crippen MR) is 154 cm³/mol. The van der Waals surface area contributed by atoms with Gasteiger partial charge < -0.3 is 4.74 Å². The molecule has 4 aliphatic rings. The zero-order valence-corrected chi connectivity index (χ0v) is 22.3. The SMILES string of the molecule is O=C1C2C3c4ccccc4C(Br)(c4ccccc43)C2C(=O)N1c1ccc(Oc2ccc3ccccc3c2)cc1. The topological polar surface area (TPSA) is 46.6 Å². The molecule has 9 rings (SSSR count). The molecule has 0 spiro atoms. The van der Waals surface area contributed by atoms with Crippen molar-refractivity contribution < 1.29 is 14.3 Å². The summed E-state index contributed by atoms with van der Waals surface area (Å²) in [5.74, 6) is -0.0797. The van der Waals surface area contributed by atoms with Gasteiger partial charge in [-0.1, -0.05) is 94.8 Å². The van der Waals surface area contributed by atoms with E-state index in [1.807, 2.05) is 66.7 Å². The first-order valence-corrected chi connectivity index (χ1v) is 13.9. The van der Waals surface area contributed by atoms with Gasteiger partial charge in [0.15, 0.2) is 0 Å². The molecule has 0 radical (unpaired) electrons. The molecule has 1 saturated heterocycles. The molecule has 1 aliphatic heterocycles. The van der Waals surface area contributed by atoms with Gasteiger partial charge in [0.2, 0.25) is 11.8 Å². The molecule has 2 bridgehead atoms. The van der Waals surface area contributed by atoms with Crippen LogP contribution in [0.4, 0.5) is 5.69 Å². The number of halogens is 1. The third-order valence-corrected chi connectivity index (χ3v) is 9.91. The molecule has 2 unspecified atom stereocenters. The fourth-order valence-corrected chi connectivity index (χ4v) is 8.17. The van der Waals surface area contributed by atoms with Crippen LogP contribution in [0.15, 0.2) is 115 Å². The first kappa shape index (κ1) is 22.7. The van der Waals surface area contributed by atoms with Crippen LogP contribution in [0.1, 0.15) is 28.2 Å². The van der Waals surface area contributed by atoms with Crippen molar-refractivity contribution in [3.63, 3.8) is 0 Å². The molecule has 1 heterocycles. The van der Waals surface area contributed by atoms with E-state index in [-0.39, 0.29) is 17.7 Å². The molecule has 5 aromatic carbocycles. The Kier molecular flexibility index (Phi) is 4.74. The zero-order chi connectivity index (χ0) is 26.3. The van der Waals surface area contributed by atoms with E-state index in [0.717, 1.165) is 38.8 Å². The standard InChI is InChI=1S/C34H22BrNO3/c35-34-27-11-5-3-9-25(27)29(26-10-4-6-12-28(26)34)30-31(34)33(38)36(32(30)37)22-14-17-23(18-15-22)39-24-16-13-20-7-1-2-8-21(20)19-24/h1-19,29-31H. The highest BCUT2D eigenvalue weighted by atomic mass is 79.9. The van der Waals surface area contributed by atoms with E-state index in [1.165, 1.54) is 4.90 Å². The second-order valence-corrected chi connectivity index (χ2v) is 11.7. The van der Waals surface area contributed by atoms with Crippen molar-refractivity contribution in [3.8, 4) is 11.5 Å². The molecule has 3 aliphatic carbocycles. The summed E-state index contributed by atoms with van der Waals surface area (Å²) < 4.78 is 5.35. The summed E-state index contributed by atoms with van der Waals surface area (Å²) in [7, 11) is 0. The van der Waals surface area contributed by atoms with E-state index < -0.39 is 16.2 Å². The summed E-state index contributed by atoms with van der Waals surface area (Å²) in [6.45, 7) is 0. The van der Waals surface area contributed by atoms with Crippen molar-refractivity contribution in [3.05, 3.63) is 138 Å². The van der Waals surface area contributed by atoms with Gasteiger partial charge in [-0.05, 0) is 69.4 Å². The number of hydrogen-bond donors (Lipinski definition) is 0. The summed E-state index contributed by atoms with van der Waals surface area (Å²) in [4.78, 5) is 29.6. The zero-order valence-electron chi connectivity index (χ0n) is 20.8. The number of anilines is 1. The van der Waals surface area contributed by atoms with Gasteiger partial charge in [-0.15, -0.1) is 0 Å². The Morgan fingerprint density at radius 2 is 1.23 bits per heavy atom. The van der Waals surface area contributed by atoms with E-state index in [4.69, 9.17) is 4.74 Å². The lowest BCUT2D eigenvalue weighted by molar-refractivity contribution is -0.122. The Labute approximate surface area is 234 Å². The Hall–Kier alpha value is -4.22. The molecular formula is C34H22BrNO3. The second-order valence-electron chi connectivity index (χ2n) is 10.5.